The van der Waals surface area contributed by atoms with Gasteiger partial charge < -0.3 is 39.4 Å². The Kier molecular flexibility index (Phi) is 13.7. The number of aliphatic hydroxyl groups is 1. The molecule has 1 saturated heterocycles. The van der Waals surface area contributed by atoms with Crippen LogP contribution in [-0.4, -0.2) is 97.5 Å². The van der Waals surface area contributed by atoms with Crippen molar-refractivity contribution in [1.82, 2.24) is 10.6 Å². The molecule has 0 spiro atoms. The Morgan fingerprint density at radius 2 is 1.81 bits per heavy atom. The summed E-state index contributed by atoms with van der Waals surface area (Å²) >= 11 is 0. The van der Waals surface area contributed by atoms with Crippen molar-refractivity contribution in [2.75, 3.05) is 26.6 Å². The van der Waals surface area contributed by atoms with Crippen LogP contribution in [0.15, 0.2) is 42.0 Å². The maximum absolute atomic E-state index is 13.2. The quantitative estimate of drug-likeness (QED) is 0.149. The van der Waals surface area contributed by atoms with Gasteiger partial charge in [0.2, 0.25) is 11.8 Å². The fourth-order valence-electron chi connectivity index (χ4n) is 4.71. The van der Waals surface area contributed by atoms with Crippen molar-refractivity contribution in [3.63, 3.8) is 0 Å². The van der Waals surface area contributed by atoms with Crippen LogP contribution in [0.2, 0.25) is 0 Å². The molecule has 0 bridgehead atoms. The summed E-state index contributed by atoms with van der Waals surface area (Å²) in [6.07, 6.45) is -3.72. The predicted octanol–water partition coefficient (Wildman–Crippen LogP) is 2.51. The van der Waals surface area contributed by atoms with Gasteiger partial charge in [0.15, 0.2) is 6.61 Å². The third kappa shape index (κ3) is 12.7. The lowest BCUT2D eigenvalue weighted by atomic mass is 9.91. The van der Waals surface area contributed by atoms with Crippen LogP contribution in [0.25, 0.3) is 6.08 Å². The number of benzene rings is 1. The molecule has 0 radical (unpaired) electrons. The van der Waals surface area contributed by atoms with Crippen LogP contribution in [-0.2, 0) is 42.9 Å². The lowest BCUT2D eigenvalue weighted by Gasteiger charge is -2.30. The Labute approximate surface area is 274 Å². The number of carbonyl (C=O) groups excluding carboxylic acids is 5. The van der Waals surface area contributed by atoms with Crippen LogP contribution < -0.4 is 10.6 Å². The van der Waals surface area contributed by atoms with E-state index in [2.05, 4.69) is 15.4 Å². The number of nitrogens with one attached hydrogen (secondary N) is 2. The molecule has 1 fully saturated rings. The van der Waals surface area contributed by atoms with E-state index in [9.17, 15) is 42.3 Å². The van der Waals surface area contributed by atoms with E-state index < -0.39 is 79.1 Å². The standard InChI is InChI=1S/C32H39F3N2O11/c1-31(2,3)48-27(41)11-9-21(16-38)37-25(39)12-13-36-29(42)20-14-23-28(46-18-45-23)24(15-20)47-30(43)22-7-5-4-6-19(22)8-10-26(40)44-17-32(33,34)35/h4-8,10,14,21,23-24,28,38H,9,11-13,15-18H2,1-3H3,(H,36,42)(H,37,39)/t21-,23+,24+,28+/m0/s1. The van der Waals surface area contributed by atoms with E-state index in [0.29, 0.717) is 0 Å². The number of fused-ring (bicyclic) bond motifs is 1. The average molecular weight is 685 g/mol. The molecule has 3 N–H and O–H groups in total. The first kappa shape index (κ1) is 38.2. The van der Waals surface area contributed by atoms with Gasteiger partial charge in [0.1, 0.15) is 30.7 Å². The highest BCUT2D eigenvalue weighted by Crippen LogP contribution is 2.31. The normalized spacial score (nSPS) is 19.9. The largest absolute Gasteiger partial charge is 0.460 e. The van der Waals surface area contributed by atoms with Crippen molar-refractivity contribution < 1.29 is 65.9 Å². The summed E-state index contributed by atoms with van der Waals surface area (Å²) in [5.74, 6) is -3.57. The number of aliphatic hydroxyl groups excluding tert-OH is 1. The summed E-state index contributed by atoms with van der Waals surface area (Å²) in [5, 5.41) is 14.8. The van der Waals surface area contributed by atoms with E-state index in [1.165, 1.54) is 18.2 Å². The van der Waals surface area contributed by atoms with Crippen molar-refractivity contribution >= 4 is 35.8 Å². The molecule has 264 valence electrons. The molecule has 1 aromatic carbocycles. The minimum atomic E-state index is -4.69. The minimum Gasteiger partial charge on any atom is -0.460 e. The Hall–Kier alpha value is -4.28. The molecule has 1 aliphatic carbocycles. The molecule has 2 amide bonds. The first-order valence-corrected chi connectivity index (χ1v) is 15.1. The molecule has 1 aliphatic heterocycles. The van der Waals surface area contributed by atoms with E-state index in [-0.39, 0.29) is 55.7 Å². The van der Waals surface area contributed by atoms with Crippen molar-refractivity contribution in [3.05, 3.63) is 53.1 Å². The lowest BCUT2D eigenvalue weighted by molar-refractivity contribution is -0.182. The summed E-state index contributed by atoms with van der Waals surface area (Å²) in [4.78, 5) is 62.2. The molecular weight excluding hydrogens is 645 g/mol. The van der Waals surface area contributed by atoms with E-state index >= 15 is 0 Å². The van der Waals surface area contributed by atoms with Crippen molar-refractivity contribution in [2.45, 2.75) is 82.6 Å². The summed E-state index contributed by atoms with van der Waals surface area (Å²) in [6, 6.07) is 5.22. The number of hydrogen-bond acceptors (Lipinski definition) is 11. The number of amides is 2. The second-order valence-corrected chi connectivity index (χ2v) is 11.9. The maximum Gasteiger partial charge on any atom is 0.422 e. The highest BCUT2D eigenvalue weighted by atomic mass is 19.4. The topological polar surface area (TPSA) is 176 Å². The van der Waals surface area contributed by atoms with Gasteiger partial charge in [-0.1, -0.05) is 18.2 Å². The number of rotatable bonds is 14. The number of carbonyl (C=O) groups is 5. The van der Waals surface area contributed by atoms with Crippen LogP contribution in [0, 0.1) is 0 Å². The van der Waals surface area contributed by atoms with Crippen molar-refractivity contribution in [3.8, 4) is 0 Å². The molecule has 0 saturated carbocycles. The zero-order chi connectivity index (χ0) is 35.5. The van der Waals surface area contributed by atoms with E-state index in [1.54, 1.807) is 32.9 Å². The summed E-state index contributed by atoms with van der Waals surface area (Å²) in [6.45, 7) is 2.85. The summed E-state index contributed by atoms with van der Waals surface area (Å²) < 4.78 is 63.1. The number of halogens is 3. The number of hydrogen-bond donors (Lipinski definition) is 3. The monoisotopic (exact) mass is 684 g/mol. The number of alkyl halides is 3. The second-order valence-electron chi connectivity index (χ2n) is 11.9. The van der Waals surface area contributed by atoms with Gasteiger partial charge in [0.25, 0.3) is 0 Å². The first-order chi connectivity index (χ1) is 22.5. The highest BCUT2D eigenvalue weighted by Gasteiger charge is 2.42. The summed E-state index contributed by atoms with van der Waals surface area (Å²) in [5.41, 5.74) is -0.282. The lowest BCUT2D eigenvalue weighted by Crippen LogP contribution is -2.44. The molecule has 48 heavy (non-hydrogen) atoms. The third-order valence-corrected chi connectivity index (χ3v) is 6.85. The van der Waals surface area contributed by atoms with Crippen LogP contribution in [0.1, 0.15) is 62.4 Å². The zero-order valence-electron chi connectivity index (χ0n) is 26.7. The molecule has 13 nitrogen and oxygen atoms in total. The van der Waals surface area contributed by atoms with Gasteiger partial charge in [0, 0.05) is 37.5 Å². The molecule has 2 aliphatic rings. The van der Waals surface area contributed by atoms with Gasteiger partial charge in [-0.15, -0.1) is 0 Å². The van der Waals surface area contributed by atoms with E-state index in [1.807, 2.05) is 0 Å². The van der Waals surface area contributed by atoms with Crippen LogP contribution >= 0.6 is 0 Å². The Morgan fingerprint density at radius 3 is 2.50 bits per heavy atom. The van der Waals surface area contributed by atoms with Gasteiger partial charge >= 0.3 is 24.1 Å². The smallest absolute Gasteiger partial charge is 0.422 e. The molecular formula is C32H39F3N2O11. The summed E-state index contributed by atoms with van der Waals surface area (Å²) in [7, 11) is 0. The molecule has 4 atom stereocenters. The third-order valence-electron chi connectivity index (χ3n) is 6.85. The Balaban J connectivity index is 1.54. The fourth-order valence-corrected chi connectivity index (χ4v) is 4.71. The zero-order valence-corrected chi connectivity index (χ0v) is 26.7. The van der Waals surface area contributed by atoms with Crippen molar-refractivity contribution in [1.29, 1.82) is 0 Å². The van der Waals surface area contributed by atoms with Crippen molar-refractivity contribution in [2.24, 2.45) is 0 Å². The number of ether oxygens (including phenoxy) is 5. The maximum atomic E-state index is 13.2. The molecule has 0 unspecified atom stereocenters. The predicted molar refractivity (Wildman–Crippen MR) is 161 cm³/mol. The first-order valence-electron chi connectivity index (χ1n) is 15.1. The van der Waals surface area contributed by atoms with Crippen LogP contribution in [0.3, 0.4) is 0 Å². The Morgan fingerprint density at radius 1 is 1.08 bits per heavy atom. The van der Waals surface area contributed by atoms with Gasteiger partial charge in [-0.2, -0.15) is 13.2 Å². The molecule has 16 heteroatoms. The fraction of sp³-hybridized carbons (Fsp3) is 0.531. The average Bonchev–Trinajstić information content (AvgIpc) is 3.49. The molecule has 1 aromatic rings. The van der Waals surface area contributed by atoms with Gasteiger partial charge in [0.05, 0.1) is 18.2 Å². The SMILES string of the molecule is CC(C)(C)OC(=O)CC[C@@H](CO)NC(=O)CCNC(=O)C1=C[C@H]2OCO[C@H]2[C@H](OC(=O)c2ccccc2C=CC(=O)OCC(F)(F)F)C1. The van der Waals surface area contributed by atoms with E-state index in [0.717, 1.165) is 12.2 Å². The molecule has 1 heterocycles. The van der Waals surface area contributed by atoms with E-state index in [4.69, 9.17) is 18.9 Å². The highest BCUT2D eigenvalue weighted by molar-refractivity contribution is 5.96. The number of esters is 3. The second kappa shape index (κ2) is 17.2. The van der Waals surface area contributed by atoms with Gasteiger partial charge in [-0.3, -0.25) is 14.4 Å². The van der Waals surface area contributed by atoms with Gasteiger partial charge in [-0.05, 0) is 51.0 Å². The minimum absolute atomic E-state index is 0.00433. The van der Waals surface area contributed by atoms with Crippen LogP contribution in [0.4, 0.5) is 13.2 Å². The molecule has 0 aromatic heterocycles. The van der Waals surface area contributed by atoms with Crippen LogP contribution in [0.5, 0.6) is 0 Å². The molecule has 3 rings (SSSR count). The van der Waals surface area contributed by atoms with Gasteiger partial charge in [-0.25, -0.2) is 9.59 Å². The Bertz CT molecular complexity index is 1390.